The maximum Gasteiger partial charge on any atom is 0.254 e. The number of nitrogens with zero attached hydrogens (tertiary/aromatic N) is 1. The molecule has 2 aromatic carbocycles. The van der Waals surface area contributed by atoms with Gasteiger partial charge in [-0.2, -0.15) is 0 Å². The second kappa shape index (κ2) is 8.09. The van der Waals surface area contributed by atoms with Crippen LogP contribution in [0, 0.1) is 0 Å². The predicted molar refractivity (Wildman–Crippen MR) is 113 cm³/mol. The van der Waals surface area contributed by atoms with Crippen LogP contribution in [0.1, 0.15) is 34.3 Å². The van der Waals surface area contributed by atoms with Gasteiger partial charge in [-0.05, 0) is 60.7 Å². The second-order valence-corrected chi connectivity index (χ2v) is 9.58. The van der Waals surface area contributed by atoms with Crippen LogP contribution in [0.15, 0.2) is 35.2 Å². The minimum atomic E-state index is -3.76. The lowest BCUT2D eigenvalue weighted by Gasteiger charge is -2.30. The SMILES string of the molecule is COc1cc2c(cc1OC)CN(C(=O)c1ccc(Cl)c(S(=O)(=O)NC3CC3)c1)CC2. The molecule has 0 unspecified atom stereocenters. The summed E-state index contributed by atoms with van der Waals surface area (Å²) in [7, 11) is -0.602. The van der Waals surface area contributed by atoms with Crippen LogP contribution in [0.5, 0.6) is 11.5 Å². The summed E-state index contributed by atoms with van der Waals surface area (Å²) in [5, 5.41) is 0.0977. The second-order valence-electron chi connectivity index (χ2n) is 7.49. The Labute approximate surface area is 181 Å². The zero-order valence-electron chi connectivity index (χ0n) is 16.8. The highest BCUT2D eigenvalue weighted by molar-refractivity contribution is 7.89. The van der Waals surface area contributed by atoms with Gasteiger partial charge >= 0.3 is 0 Å². The molecule has 2 aliphatic rings. The first-order valence-electron chi connectivity index (χ1n) is 9.67. The molecule has 30 heavy (non-hydrogen) atoms. The molecule has 0 aromatic heterocycles. The van der Waals surface area contributed by atoms with Crippen LogP contribution < -0.4 is 14.2 Å². The van der Waals surface area contributed by atoms with E-state index >= 15 is 0 Å². The van der Waals surface area contributed by atoms with Gasteiger partial charge in [0, 0.05) is 24.7 Å². The molecule has 1 amide bonds. The summed E-state index contributed by atoms with van der Waals surface area (Å²) in [5.41, 5.74) is 2.37. The molecule has 0 radical (unpaired) electrons. The van der Waals surface area contributed by atoms with Crippen molar-refractivity contribution in [1.29, 1.82) is 0 Å². The van der Waals surface area contributed by atoms with Gasteiger partial charge in [-0.25, -0.2) is 13.1 Å². The Morgan fingerprint density at radius 3 is 2.40 bits per heavy atom. The van der Waals surface area contributed by atoms with Gasteiger partial charge in [-0.15, -0.1) is 0 Å². The number of rotatable bonds is 6. The maximum atomic E-state index is 13.1. The first kappa shape index (κ1) is 21.0. The normalized spacial score (nSPS) is 16.2. The van der Waals surface area contributed by atoms with Crippen LogP contribution in [-0.2, 0) is 23.0 Å². The number of halogens is 1. The van der Waals surface area contributed by atoms with Crippen LogP contribution in [0.25, 0.3) is 0 Å². The van der Waals surface area contributed by atoms with Gasteiger partial charge < -0.3 is 14.4 Å². The molecule has 0 atom stereocenters. The number of nitrogens with one attached hydrogen (secondary N) is 1. The number of fused-ring (bicyclic) bond motifs is 1. The zero-order chi connectivity index (χ0) is 21.5. The third kappa shape index (κ3) is 4.12. The van der Waals surface area contributed by atoms with Crippen molar-refractivity contribution in [2.75, 3.05) is 20.8 Å². The van der Waals surface area contributed by atoms with Gasteiger partial charge in [0.05, 0.1) is 19.2 Å². The topological polar surface area (TPSA) is 84.9 Å². The first-order chi connectivity index (χ1) is 14.3. The van der Waals surface area contributed by atoms with E-state index < -0.39 is 10.0 Å². The van der Waals surface area contributed by atoms with Crippen molar-refractivity contribution in [2.45, 2.75) is 36.7 Å². The summed E-state index contributed by atoms with van der Waals surface area (Å²) in [5.74, 6) is 1.03. The number of carbonyl (C=O) groups is 1. The largest absolute Gasteiger partial charge is 0.493 e. The molecule has 1 aliphatic heterocycles. The van der Waals surface area contributed by atoms with E-state index in [2.05, 4.69) is 4.72 Å². The van der Waals surface area contributed by atoms with E-state index in [1.54, 1.807) is 25.2 Å². The Morgan fingerprint density at radius 2 is 1.77 bits per heavy atom. The fourth-order valence-electron chi connectivity index (χ4n) is 3.57. The molecule has 9 heteroatoms. The molecule has 0 spiro atoms. The summed E-state index contributed by atoms with van der Waals surface area (Å²) in [6.07, 6.45) is 2.30. The van der Waals surface area contributed by atoms with Crippen molar-refractivity contribution in [2.24, 2.45) is 0 Å². The lowest BCUT2D eigenvalue weighted by molar-refractivity contribution is 0.0734. The maximum absolute atomic E-state index is 13.1. The minimum Gasteiger partial charge on any atom is -0.493 e. The molecule has 1 aliphatic carbocycles. The minimum absolute atomic E-state index is 0.0454. The quantitative estimate of drug-likeness (QED) is 0.731. The van der Waals surface area contributed by atoms with Crippen molar-refractivity contribution >= 4 is 27.5 Å². The van der Waals surface area contributed by atoms with Gasteiger partial charge in [0.15, 0.2) is 11.5 Å². The van der Waals surface area contributed by atoms with Gasteiger partial charge in [0.2, 0.25) is 10.0 Å². The Bertz CT molecular complexity index is 1100. The number of amides is 1. The first-order valence-corrected chi connectivity index (χ1v) is 11.5. The average molecular weight is 451 g/mol. The van der Waals surface area contributed by atoms with Gasteiger partial charge in [0.1, 0.15) is 4.90 Å². The number of carbonyl (C=O) groups excluding carboxylic acids is 1. The molecule has 160 valence electrons. The summed E-state index contributed by atoms with van der Waals surface area (Å²) in [6.45, 7) is 0.923. The Kier molecular flexibility index (Phi) is 5.65. The average Bonchev–Trinajstić information content (AvgIpc) is 3.55. The number of methoxy groups -OCH3 is 2. The number of benzene rings is 2. The molecule has 1 saturated carbocycles. The number of sulfonamides is 1. The monoisotopic (exact) mass is 450 g/mol. The van der Waals surface area contributed by atoms with Crippen LogP contribution in [-0.4, -0.2) is 46.0 Å². The molecule has 2 aromatic rings. The molecule has 1 N–H and O–H groups in total. The molecular formula is C21H23ClN2O5S. The predicted octanol–water partition coefficient (Wildman–Crippen LogP) is 3.00. The van der Waals surface area contributed by atoms with E-state index in [1.165, 1.54) is 12.1 Å². The van der Waals surface area contributed by atoms with Crippen LogP contribution in [0.2, 0.25) is 5.02 Å². The molecule has 0 saturated heterocycles. The molecular weight excluding hydrogens is 428 g/mol. The molecule has 1 heterocycles. The third-order valence-corrected chi connectivity index (χ3v) is 7.37. The van der Waals surface area contributed by atoms with Gasteiger partial charge in [-0.3, -0.25) is 4.79 Å². The highest BCUT2D eigenvalue weighted by atomic mass is 35.5. The molecule has 0 bridgehead atoms. The Balaban J connectivity index is 1.59. The smallest absolute Gasteiger partial charge is 0.254 e. The van der Waals surface area contributed by atoms with E-state index in [-0.39, 0.29) is 21.9 Å². The van der Waals surface area contributed by atoms with Crippen molar-refractivity contribution in [3.8, 4) is 11.5 Å². The van der Waals surface area contributed by atoms with E-state index in [0.29, 0.717) is 36.6 Å². The van der Waals surface area contributed by atoms with Gasteiger partial charge in [0.25, 0.3) is 5.91 Å². The fourth-order valence-corrected chi connectivity index (χ4v) is 5.40. The standard InChI is InChI=1S/C21H23ClN2O5S/c1-28-18-9-13-7-8-24(12-15(13)10-19(18)29-2)21(25)14-3-6-17(22)20(11-14)30(26,27)23-16-4-5-16/h3,6,9-11,16,23H,4-5,7-8,12H2,1-2H3. The van der Waals surface area contributed by atoms with Crippen molar-refractivity contribution in [1.82, 2.24) is 9.62 Å². The lowest BCUT2D eigenvalue weighted by atomic mass is 9.98. The zero-order valence-corrected chi connectivity index (χ0v) is 18.3. The number of hydrogen-bond acceptors (Lipinski definition) is 5. The highest BCUT2D eigenvalue weighted by Crippen LogP contribution is 2.34. The van der Waals surface area contributed by atoms with E-state index in [1.807, 2.05) is 12.1 Å². The highest BCUT2D eigenvalue weighted by Gasteiger charge is 2.30. The Hall–Kier alpha value is -2.29. The molecule has 4 rings (SSSR count). The fraction of sp³-hybridized carbons (Fsp3) is 0.381. The number of hydrogen-bond donors (Lipinski definition) is 1. The van der Waals surface area contributed by atoms with Crippen molar-refractivity contribution in [3.05, 3.63) is 52.0 Å². The summed E-state index contributed by atoms with van der Waals surface area (Å²) in [6, 6.07) is 8.15. The van der Waals surface area contributed by atoms with E-state index in [4.69, 9.17) is 21.1 Å². The van der Waals surface area contributed by atoms with E-state index in [9.17, 15) is 13.2 Å². The van der Waals surface area contributed by atoms with E-state index in [0.717, 1.165) is 24.0 Å². The lowest BCUT2D eigenvalue weighted by Crippen LogP contribution is -2.36. The van der Waals surface area contributed by atoms with Crippen molar-refractivity contribution < 1.29 is 22.7 Å². The number of ether oxygens (including phenoxy) is 2. The summed E-state index contributed by atoms with van der Waals surface area (Å²) < 4.78 is 38.5. The molecule has 7 nitrogen and oxygen atoms in total. The Morgan fingerprint density at radius 1 is 1.10 bits per heavy atom. The summed E-state index contributed by atoms with van der Waals surface area (Å²) >= 11 is 6.13. The molecule has 1 fully saturated rings. The van der Waals surface area contributed by atoms with Crippen LogP contribution in [0.3, 0.4) is 0 Å². The van der Waals surface area contributed by atoms with Crippen LogP contribution >= 0.6 is 11.6 Å². The van der Waals surface area contributed by atoms with Crippen LogP contribution in [0.4, 0.5) is 0 Å². The van der Waals surface area contributed by atoms with Crippen molar-refractivity contribution in [3.63, 3.8) is 0 Å². The third-order valence-electron chi connectivity index (χ3n) is 5.37. The summed E-state index contributed by atoms with van der Waals surface area (Å²) in [4.78, 5) is 14.8. The van der Waals surface area contributed by atoms with Gasteiger partial charge in [-0.1, -0.05) is 11.6 Å².